The highest BCUT2D eigenvalue weighted by atomic mass is 32.2. The van der Waals surface area contributed by atoms with Gasteiger partial charge in [0.1, 0.15) is 5.82 Å². The Bertz CT molecular complexity index is 891. The molecule has 1 aliphatic carbocycles. The van der Waals surface area contributed by atoms with Gasteiger partial charge in [0, 0.05) is 43.1 Å². The molecule has 4 heterocycles. The van der Waals surface area contributed by atoms with Crippen LogP contribution in [0.4, 0.5) is 0 Å². The van der Waals surface area contributed by atoms with Gasteiger partial charge in [0.25, 0.3) is 0 Å². The number of nitrogens with zero attached hydrogens (tertiary/aromatic N) is 6. The molecule has 5 rings (SSSR count). The van der Waals surface area contributed by atoms with Crippen LogP contribution in [0, 0.1) is 12.8 Å². The third kappa shape index (κ3) is 5.65. The number of hydrogen-bond donors (Lipinski definition) is 0. The second-order valence-electron chi connectivity index (χ2n) is 10.3. The van der Waals surface area contributed by atoms with Crippen molar-refractivity contribution >= 4 is 11.8 Å². The molecule has 2 aliphatic heterocycles. The van der Waals surface area contributed by atoms with Crippen molar-refractivity contribution in [1.82, 2.24) is 29.4 Å². The normalized spacial score (nSPS) is 23.5. The maximum Gasteiger partial charge on any atom is 0.191 e. The van der Waals surface area contributed by atoms with Crippen LogP contribution in [-0.4, -0.2) is 61.0 Å². The first-order valence-corrected chi connectivity index (χ1v) is 14.0. The standard InChI is InChI=1S/C25H40N6OS/c1-19-22(15-26-29(19)2)16-30-12-10-21(11-13-30)24-27-28-25(31(24)17-23-9-6-14-32-23)33-18-20-7-4-3-5-8-20/h15,20-21,23H,3-14,16-18H2,1-2H3/t23-/m0/s1. The van der Waals surface area contributed by atoms with Crippen molar-refractivity contribution < 1.29 is 4.74 Å². The van der Waals surface area contributed by atoms with Crippen molar-refractivity contribution in [2.75, 3.05) is 25.4 Å². The predicted octanol–water partition coefficient (Wildman–Crippen LogP) is 4.55. The number of thioether (sulfide) groups is 1. The summed E-state index contributed by atoms with van der Waals surface area (Å²) in [5.74, 6) is 3.73. The fourth-order valence-electron chi connectivity index (χ4n) is 5.71. The Morgan fingerprint density at radius 1 is 1.03 bits per heavy atom. The van der Waals surface area contributed by atoms with Crippen LogP contribution in [0.2, 0.25) is 0 Å². The Labute approximate surface area is 202 Å². The van der Waals surface area contributed by atoms with Crippen LogP contribution in [0.15, 0.2) is 11.4 Å². The van der Waals surface area contributed by atoms with E-state index in [0.717, 1.165) is 63.1 Å². The zero-order valence-electron chi connectivity index (χ0n) is 20.4. The monoisotopic (exact) mass is 472 g/mol. The summed E-state index contributed by atoms with van der Waals surface area (Å²) in [6, 6.07) is 0. The molecule has 0 unspecified atom stereocenters. The van der Waals surface area contributed by atoms with E-state index in [1.54, 1.807) is 0 Å². The number of ether oxygens (including phenoxy) is 1. The highest BCUT2D eigenvalue weighted by molar-refractivity contribution is 7.99. The number of piperidine rings is 1. The topological polar surface area (TPSA) is 61.0 Å². The second-order valence-corrected chi connectivity index (χ2v) is 11.3. The maximum absolute atomic E-state index is 6.01. The lowest BCUT2D eigenvalue weighted by Gasteiger charge is -2.31. The second kappa shape index (κ2) is 10.9. The average molecular weight is 473 g/mol. The van der Waals surface area contributed by atoms with Gasteiger partial charge in [0.15, 0.2) is 5.16 Å². The molecule has 0 N–H and O–H groups in total. The van der Waals surface area contributed by atoms with E-state index in [2.05, 4.69) is 21.5 Å². The van der Waals surface area contributed by atoms with Crippen LogP contribution >= 0.6 is 11.8 Å². The number of likely N-dealkylation sites (tertiary alicyclic amines) is 1. The van der Waals surface area contributed by atoms with Crippen molar-refractivity contribution in [3.05, 3.63) is 23.3 Å². The maximum atomic E-state index is 6.01. The largest absolute Gasteiger partial charge is 0.376 e. The first-order valence-electron chi connectivity index (χ1n) is 13.0. The van der Waals surface area contributed by atoms with Crippen LogP contribution < -0.4 is 0 Å². The minimum atomic E-state index is 0.322. The Kier molecular flexibility index (Phi) is 7.73. The molecule has 0 radical (unpaired) electrons. The molecule has 3 aliphatic rings. The summed E-state index contributed by atoms with van der Waals surface area (Å²) >= 11 is 1.94. The molecule has 3 fully saturated rings. The van der Waals surface area contributed by atoms with Crippen molar-refractivity contribution in [2.24, 2.45) is 13.0 Å². The molecule has 2 aromatic rings. The van der Waals surface area contributed by atoms with E-state index in [1.807, 2.05) is 29.7 Å². The molecule has 7 nitrogen and oxygen atoms in total. The summed E-state index contributed by atoms with van der Waals surface area (Å²) in [5, 5.41) is 15.0. The lowest BCUT2D eigenvalue weighted by molar-refractivity contribution is 0.0931. The fourth-order valence-corrected chi connectivity index (χ4v) is 6.85. The van der Waals surface area contributed by atoms with E-state index in [0.29, 0.717) is 12.0 Å². The lowest BCUT2D eigenvalue weighted by Crippen LogP contribution is -2.33. The van der Waals surface area contributed by atoms with Crippen molar-refractivity contribution in [1.29, 1.82) is 0 Å². The van der Waals surface area contributed by atoms with Gasteiger partial charge in [-0.1, -0.05) is 31.0 Å². The van der Waals surface area contributed by atoms with Gasteiger partial charge in [0.2, 0.25) is 0 Å². The summed E-state index contributed by atoms with van der Waals surface area (Å²) in [4.78, 5) is 2.57. The van der Waals surface area contributed by atoms with E-state index in [9.17, 15) is 0 Å². The lowest BCUT2D eigenvalue weighted by atomic mass is 9.91. The predicted molar refractivity (Wildman–Crippen MR) is 131 cm³/mol. The van der Waals surface area contributed by atoms with Crippen LogP contribution in [0.25, 0.3) is 0 Å². The summed E-state index contributed by atoms with van der Waals surface area (Å²) in [7, 11) is 2.02. The third-order valence-electron chi connectivity index (χ3n) is 8.01. The quantitative estimate of drug-likeness (QED) is 0.525. The van der Waals surface area contributed by atoms with Crippen molar-refractivity contribution in [2.45, 2.75) is 95.0 Å². The third-order valence-corrected chi connectivity index (χ3v) is 9.21. The Morgan fingerprint density at radius 3 is 2.55 bits per heavy atom. The highest BCUT2D eigenvalue weighted by Crippen LogP contribution is 2.34. The molecule has 1 saturated carbocycles. The number of aromatic nitrogens is 5. The van der Waals surface area contributed by atoms with Crippen LogP contribution in [0.3, 0.4) is 0 Å². The number of aryl methyl sites for hydroxylation is 1. The van der Waals surface area contributed by atoms with E-state index in [4.69, 9.17) is 14.9 Å². The summed E-state index contributed by atoms with van der Waals surface area (Å²) < 4.78 is 10.4. The van der Waals surface area contributed by atoms with E-state index >= 15 is 0 Å². The zero-order valence-corrected chi connectivity index (χ0v) is 21.2. The van der Waals surface area contributed by atoms with Gasteiger partial charge >= 0.3 is 0 Å². The molecule has 182 valence electrons. The van der Waals surface area contributed by atoms with Gasteiger partial charge in [0.05, 0.1) is 18.8 Å². The SMILES string of the molecule is Cc1c(CN2CCC(c3nnc(SCC4CCCCC4)n3C[C@@H]3CCCO3)CC2)cnn1C. The molecule has 8 heteroatoms. The molecule has 0 amide bonds. The zero-order chi connectivity index (χ0) is 22.6. The minimum absolute atomic E-state index is 0.322. The van der Waals surface area contributed by atoms with Crippen molar-refractivity contribution in [3.63, 3.8) is 0 Å². The molecule has 33 heavy (non-hydrogen) atoms. The Hall–Kier alpha value is -1.38. The van der Waals surface area contributed by atoms with Crippen LogP contribution in [0.1, 0.15) is 80.8 Å². The minimum Gasteiger partial charge on any atom is -0.376 e. The molecule has 1 atom stereocenters. The summed E-state index contributed by atoms with van der Waals surface area (Å²) in [5.41, 5.74) is 2.62. The van der Waals surface area contributed by atoms with E-state index in [-0.39, 0.29) is 0 Å². The first kappa shape index (κ1) is 23.4. The molecular weight excluding hydrogens is 432 g/mol. The summed E-state index contributed by atoms with van der Waals surface area (Å²) in [6.07, 6.45) is 14.0. The fraction of sp³-hybridized carbons (Fsp3) is 0.800. The van der Waals surface area contributed by atoms with Crippen LogP contribution in [-0.2, 0) is 24.9 Å². The average Bonchev–Trinajstić information content (AvgIpc) is 3.58. The molecule has 0 aromatic carbocycles. The van der Waals surface area contributed by atoms with E-state index in [1.165, 1.54) is 61.4 Å². The first-order chi connectivity index (χ1) is 16.2. The molecule has 2 aromatic heterocycles. The smallest absolute Gasteiger partial charge is 0.191 e. The number of rotatable bonds is 8. The molecule has 0 bridgehead atoms. The van der Waals surface area contributed by atoms with Gasteiger partial charge in [-0.2, -0.15) is 5.10 Å². The summed E-state index contributed by atoms with van der Waals surface area (Å²) in [6.45, 7) is 7.20. The highest BCUT2D eigenvalue weighted by Gasteiger charge is 2.29. The van der Waals surface area contributed by atoms with Crippen molar-refractivity contribution in [3.8, 4) is 0 Å². The van der Waals surface area contributed by atoms with Gasteiger partial charge in [-0.05, 0) is 64.5 Å². The van der Waals surface area contributed by atoms with Crippen LogP contribution in [0.5, 0.6) is 0 Å². The molecule has 2 saturated heterocycles. The van der Waals surface area contributed by atoms with Gasteiger partial charge in [-0.3, -0.25) is 9.58 Å². The Balaban J connectivity index is 1.23. The number of hydrogen-bond acceptors (Lipinski definition) is 6. The van der Waals surface area contributed by atoms with Gasteiger partial charge in [-0.25, -0.2) is 0 Å². The van der Waals surface area contributed by atoms with Gasteiger partial charge < -0.3 is 9.30 Å². The van der Waals surface area contributed by atoms with E-state index < -0.39 is 0 Å². The van der Waals surface area contributed by atoms with Gasteiger partial charge in [-0.15, -0.1) is 10.2 Å². The molecule has 0 spiro atoms. The molecular formula is C25H40N6OS. The Morgan fingerprint density at radius 2 is 1.85 bits per heavy atom.